The quantitative estimate of drug-likeness (QED) is 0.809. The third kappa shape index (κ3) is 4.68. The van der Waals surface area contributed by atoms with Crippen molar-refractivity contribution in [1.29, 1.82) is 0 Å². The number of hydrogen-bond acceptors (Lipinski definition) is 5. The molecule has 0 spiro atoms. The molecule has 1 aromatic carbocycles. The molecule has 0 radical (unpaired) electrons. The highest BCUT2D eigenvalue weighted by Crippen LogP contribution is 2.17. The van der Waals surface area contributed by atoms with Gasteiger partial charge in [0.25, 0.3) is 5.91 Å². The summed E-state index contributed by atoms with van der Waals surface area (Å²) >= 11 is 6.00. The molecule has 0 saturated carbocycles. The van der Waals surface area contributed by atoms with Crippen LogP contribution in [-0.4, -0.2) is 60.0 Å². The number of nitrogens with zero attached hydrogens (tertiary/aromatic N) is 4. The van der Waals surface area contributed by atoms with E-state index in [1.807, 2.05) is 6.92 Å². The summed E-state index contributed by atoms with van der Waals surface area (Å²) in [5.74, 6) is 0.617. The SMILES string of the molecule is Cc1nc(Cl)cc(N2CCN(CCNC(=O)c3ccccc3F)CC2)n1. The molecule has 6 nitrogen and oxygen atoms in total. The lowest BCUT2D eigenvalue weighted by Gasteiger charge is -2.35. The molecule has 1 aliphatic rings. The van der Waals surface area contributed by atoms with Crippen molar-refractivity contribution in [1.82, 2.24) is 20.2 Å². The number of amides is 1. The standard InChI is InChI=1S/C18H21ClFN5O/c1-13-22-16(19)12-17(23-13)25-10-8-24(9-11-25)7-6-21-18(26)14-4-2-3-5-15(14)20/h2-5,12H,6-11H2,1H3,(H,21,26). The molecule has 0 bridgehead atoms. The molecule has 0 unspecified atom stereocenters. The minimum atomic E-state index is -0.502. The number of nitrogens with one attached hydrogen (secondary N) is 1. The zero-order valence-corrected chi connectivity index (χ0v) is 15.3. The van der Waals surface area contributed by atoms with Gasteiger partial charge in [-0.2, -0.15) is 0 Å². The molecule has 1 amide bonds. The summed E-state index contributed by atoms with van der Waals surface area (Å²) in [5.41, 5.74) is 0.0772. The van der Waals surface area contributed by atoms with Gasteiger partial charge in [0, 0.05) is 45.3 Å². The van der Waals surface area contributed by atoms with Gasteiger partial charge in [-0.05, 0) is 19.1 Å². The number of aromatic nitrogens is 2. The van der Waals surface area contributed by atoms with E-state index in [-0.39, 0.29) is 11.5 Å². The molecule has 26 heavy (non-hydrogen) atoms. The second kappa shape index (κ2) is 8.42. The number of aryl methyl sites for hydroxylation is 1. The Morgan fingerprint density at radius 1 is 1.23 bits per heavy atom. The lowest BCUT2D eigenvalue weighted by atomic mass is 10.2. The largest absolute Gasteiger partial charge is 0.354 e. The number of benzene rings is 1. The molecule has 1 saturated heterocycles. The van der Waals surface area contributed by atoms with E-state index in [0.717, 1.165) is 38.5 Å². The van der Waals surface area contributed by atoms with E-state index in [4.69, 9.17) is 11.6 Å². The Balaban J connectivity index is 1.44. The zero-order valence-electron chi connectivity index (χ0n) is 14.6. The van der Waals surface area contributed by atoms with Crippen LogP contribution in [0.3, 0.4) is 0 Å². The van der Waals surface area contributed by atoms with Gasteiger partial charge in [0.2, 0.25) is 0 Å². The van der Waals surface area contributed by atoms with E-state index in [2.05, 4.69) is 25.1 Å². The van der Waals surface area contributed by atoms with Crippen molar-refractivity contribution in [3.63, 3.8) is 0 Å². The summed E-state index contributed by atoms with van der Waals surface area (Å²) in [4.78, 5) is 24.9. The Morgan fingerprint density at radius 2 is 1.96 bits per heavy atom. The van der Waals surface area contributed by atoms with Crippen LogP contribution in [0.1, 0.15) is 16.2 Å². The maximum atomic E-state index is 13.6. The first-order valence-electron chi connectivity index (χ1n) is 8.54. The third-order valence-electron chi connectivity index (χ3n) is 4.32. The van der Waals surface area contributed by atoms with Crippen LogP contribution >= 0.6 is 11.6 Å². The van der Waals surface area contributed by atoms with Crippen LogP contribution in [0, 0.1) is 12.7 Å². The third-order valence-corrected chi connectivity index (χ3v) is 4.52. The minimum absolute atomic E-state index is 0.0772. The molecular weight excluding hydrogens is 357 g/mol. The van der Waals surface area contributed by atoms with Gasteiger partial charge in [0.05, 0.1) is 5.56 Å². The molecule has 0 aliphatic carbocycles. The van der Waals surface area contributed by atoms with Gasteiger partial charge < -0.3 is 10.2 Å². The Morgan fingerprint density at radius 3 is 2.65 bits per heavy atom. The smallest absolute Gasteiger partial charge is 0.254 e. The van der Waals surface area contributed by atoms with Crippen LogP contribution in [0.15, 0.2) is 30.3 Å². The summed E-state index contributed by atoms with van der Waals surface area (Å²) in [5, 5.41) is 3.22. The van der Waals surface area contributed by atoms with E-state index >= 15 is 0 Å². The molecule has 8 heteroatoms. The maximum absolute atomic E-state index is 13.6. The lowest BCUT2D eigenvalue weighted by molar-refractivity contribution is 0.0943. The van der Waals surface area contributed by atoms with Crippen molar-refractivity contribution < 1.29 is 9.18 Å². The van der Waals surface area contributed by atoms with Gasteiger partial charge in [-0.25, -0.2) is 14.4 Å². The zero-order chi connectivity index (χ0) is 18.5. The summed E-state index contributed by atoms with van der Waals surface area (Å²) in [7, 11) is 0. The molecule has 0 atom stereocenters. The van der Waals surface area contributed by atoms with E-state index in [9.17, 15) is 9.18 Å². The van der Waals surface area contributed by atoms with Crippen LogP contribution in [-0.2, 0) is 0 Å². The first kappa shape index (κ1) is 18.5. The predicted molar refractivity (Wildman–Crippen MR) is 99.2 cm³/mol. The van der Waals surface area contributed by atoms with E-state index in [1.54, 1.807) is 18.2 Å². The number of rotatable bonds is 5. The molecule has 1 fully saturated rings. The number of anilines is 1. The van der Waals surface area contributed by atoms with Crippen LogP contribution < -0.4 is 10.2 Å². The Kier molecular flexibility index (Phi) is 6.00. The van der Waals surface area contributed by atoms with Crippen LogP contribution in [0.25, 0.3) is 0 Å². The van der Waals surface area contributed by atoms with Gasteiger partial charge in [0.15, 0.2) is 0 Å². The highest BCUT2D eigenvalue weighted by Gasteiger charge is 2.19. The molecule has 3 rings (SSSR count). The normalized spacial score (nSPS) is 15.1. The van der Waals surface area contributed by atoms with Gasteiger partial charge in [-0.1, -0.05) is 23.7 Å². The topological polar surface area (TPSA) is 61.4 Å². The van der Waals surface area contributed by atoms with Gasteiger partial charge >= 0.3 is 0 Å². The molecule has 1 N–H and O–H groups in total. The summed E-state index contributed by atoms with van der Waals surface area (Å²) in [6, 6.07) is 7.77. The molecule has 138 valence electrons. The van der Waals surface area contributed by atoms with E-state index in [0.29, 0.717) is 17.5 Å². The molecule has 2 heterocycles. The van der Waals surface area contributed by atoms with E-state index in [1.165, 1.54) is 12.1 Å². The highest BCUT2D eigenvalue weighted by atomic mass is 35.5. The monoisotopic (exact) mass is 377 g/mol. The summed E-state index contributed by atoms with van der Waals surface area (Å²) in [6.07, 6.45) is 0. The second-order valence-corrected chi connectivity index (χ2v) is 6.55. The van der Waals surface area contributed by atoms with Crippen molar-refractivity contribution in [2.24, 2.45) is 0 Å². The number of carbonyl (C=O) groups is 1. The van der Waals surface area contributed by atoms with Crippen molar-refractivity contribution in [3.8, 4) is 0 Å². The van der Waals surface area contributed by atoms with Gasteiger partial charge in [0.1, 0.15) is 22.6 Å². The first-order chi connectivity index (χ1) is 12.5. The minimum Gasteiger partial charge on any atom is -0.354 e. The fourth-order valence-electron chi connectivity index (χ4n) is 2.95. The number of hydrogen-bond donors (Lipinski definition) is 1. The van der Waals surface area contributed by atoms with E-state index < -0.39 is 5.82 Å². The van der Waals surface area contributed by atoms with Gasteiger partial charge in [-0.3, -0.25) is 9.69 Å². The fraction of sp³-hybridized carbons (Fsp3) is 0.389. The molecule has 2 aromatic rings. The van der Waals surface area contributed by atoms with Crippen molar-refractivity contribution in [2.75, 3.05) is 44.2 Å². The second-order valence-electron chi connectivity index (χ2n) is 6.16. The maximum Gasteiger partial charge on any atom is 0.254 e. The Bertz CT molecular complexity index is 760. The molecular formula is C18H21ClFN5O. The van der Waals surface area contributed by atoms with Crippen LogP contribution in [0.5, 0.6) is 0 Å². The molecule has 1 aromatic heterocycles. The van der Waals surface area contributed by atoms with Crippen molar-refractivity contribution in [3.05, 3.63) is 52.7 Å². The first-order valence-corrected chi connectivity index (χ1v) is 8.92. The number of carbonyl (C=O) groups excluding carboxylic acids is 1. The summed E-state index contributed by atoms with van der Waals surface area (Å²) < 4.78 is 13.6. The number of piperazine rings is 1. The predicted octanol–water partition coefficient (Wildman–Crippen LogP) is 2.13. The Hall–Kier alpha value is -2.25. The average Bonchev–Trinajstić information content (AvgIpc) is 2.62. The van der Waals surface area contributed by atoms with Crippen molar-refractivity contribution >= 4 is 23.3 Å². The van der Waals surface area contributed by atoms with Crippen LogP contribution in [0.4, 0.5) is 10.2 Å². The highest BCUT2D eigenvalue weighted by molar-refractivity contribution is 6.29. The van der Waals surface area contributed by atoms with Gasteiger partial charge in [-0.15, -0.1) is 0 Å². The fourth-order valence-corrected chi connectivity index (χ4v) is 3.17. The van der Waals surface area contributed by atoms with Crippen molar-refractivity contribution in [2.45, 2.75) is 6.92 Å². The average molecular weight is 378 g/mol. The Labute approximate surface area is 157 Å². The van der Waals surface area contributed by atoms with Crippen LogP contribution in [0.2, 0.25) is 5.15 Å². The molecule has 1 aliphatic heterocycles. The number of halogens is 2. The summed E-state index contributed by atoms with van der Waals surface area (Å²) in [6.45, 7) is 6.39. The lowest BCUT2D eigenvalue weighted by Crippen LogP contribution is -2.48.